The van der Waals surface area contributed by atoms with E-state index in [1.807, 2.05) is 6.07 Å². The number of likely N-dealkylation sites (tertiary alicyclic amines) is 1. The van der Waals surface area contributed by atoms with Crippen molar-refractivity contribution in [1.29, 1.82) is 0 Å². The van der Waals surface area contributed by atoms with Gasteiger partial charge in [0.15, 0.2) is 0 Å². The van der Waals surface area contributed by atoms with E-state index in [1.54, 1.807) is 12.4 Å². The maximum Gasteiger partial charge on any atom is 0.0892 e. The van der Waals surface area contributed by atoms with Crippen LogP contribution in [0, 0.1) is 0 Å². The van der Waals surface area contributed by atoms with Gasteiger partial charge in [-0.3, -0.25) is 14.9 Å². The van der Waals surface area contributed by atoms with E-state index in [-0.39, 0.29) is 0 Å². The highest BCUT2D eigenvalue weighted by molar-refractivity contribution is 5.81. The van der Waals surface area contributed by atoms with Gasteiger partial charge in [0.05, 0.1) is 11.0 Å². The number of aromatic nitrogens is 2. The van der Waals surface area contributed by atoms with Crippen molar-refractivity contribution in [3.05, 3.63) is 60.4 Å². The lowest BCUT2D eigenvalue weighted by Gasteiger charge is -2.15. The molecule has 2 heterocycles. The van der Waals surface area contributed by atoms with E-state index in [2.05, 4.69) is 51.3 Å². The minimum Gasteiger partial charge on any atom is -0.299 e. The minimum absolute atomic E-state index is 0.944. The molecule has 2 aromatic carbocycles. The maximum absolute atomic E-state index is 4.40. The fourth-order valence-corrected chi connectivity index (χ4v) is 3.19. The van der Waals surface area contributed by atoms with Crippen LogP contribution in [0.4, 0.5) is 0 Å². The number of rotatable bonds is 3. The molecule has 0 amide bonds. The zero-order chi connectivity index (χ0) is 14.8. The Hall–Kier alpha value is -2.26. The molecule has 1 aromatic heterocycles. The topological polar surface area (TPSA) is 29.0 Å². The molecule has 0 unspecified atom stereocenters. The Balaban J connectivity index is 1.65. The van der Waals surface area contributed by atoms with E-state index in [4.69, 9.17) is 0 Å². The van der Waals surface area contributed by atoms with Crippen LogP contribution in [0.2, 0.25) is 0 Å². The van der Waals surface area contributed by atoms with Crippen molar-refractivity contribution in [2.45, 2.75) is 19.4 Å². The molecule has 1 aliphatic rings. The van der Waals surface area contributed by atoms with Crippen LogP contribution in [0.1, 0.15) is 18.4 Å². The number of nitrogens with zero attached hydrogens (tertiary/aromatic N) is 3. The molecule has 0 aliphatic carbocycles. The molecule has 3 nitrogen and oxygen atoms in total. The summed E-state index contributed by atoms with van der Waals surface area (Å²) in [6.07, 6.45) is 6.15. The van der Waals surface area contributed by atoms with Crippen LogP contribution in [0.5, 0.6) is 0 Å². The highest BCUT2D eigenvalue weighted by Crippen LogP contribution is 2.24. The van der Waals surface area contributed by atoms with Crippen molar-refractivity contribution in [2.75, 3.05) is 13.1 Å². The molecule has 3 aromatic rings. The monoisotopic (exact) mass is 289 g/mol. The lowest BCUT2D eigenvalue weighted by atomic mass is 10.0. The highest BCUT2D eigenvalue weighted by atomic mass is 15.1. The highest BCUT2D eigenvalue weighted by Gasteiger charge is 2.12. The predicted molar refractivity (Wildman–Crippen MR) is 89.5 cm³/mol. The third-order valence-electron chi connectivity index (χ3n) is 4.33. The van der Waals surface area contributed by atoms with Crippen molar-refractivity contribution < 1.29 is 0 Å². The summed E-state index contributed by atoms with van der Waals surface area (Å²) in [6, 6.07) is 15.2. The molecule has 3 heteroatoms. The number of benzene rings is 2. The third-order valence-corrected chi connectivity index (χ3v) is 4.33. The van der Waals surface area contributed by atoms with Crippen LogP contribution in [-0.2, 0) is 6.54 Å². The van der Waals surface area contributed by atoms with E-state index >= 15 is 0 Å². The summed E-state index contributed by atoms with van der Waals surface area (Å²) in [5.74, 6) is 0. The first-order chi connectivity index (χ1) is 10.9. The summed E-state index contributed by atoms with van der Waals surface area (Å²) < 4.78 is 0. The van der Waals surface area contributed by atoms with Gasteiger partial charge in [-0.25, -0.2) is 0 Å². The average molecular weight is 289 g/mol. The van der Waals surface area contributed by atoms with Gasteiger partial charge in [0.2, 0.25) is 0 Å². The summed E-state index contributed by atoms with van der Waals surface area (Å²) in [6.45, 7) is 3.52. The van der Waals surface area contributed by atoms with E-state index in [9.17, 15) is 0 Å². The van der Waals surface area contributed by atoms with Crippen LogP contribution in [0.15, 0.2) is 54.9 Å². The Kier molecular flexibility index (Phi) is 3.57. The minimum atomic E-state index is 0.944. The van der Waals surface area contributed by atoms with Crippen molar-refractivity contribution in [1.82, 2.24) is 14.9 Å². The maximum atomic E-state index is 4.40. The zero-order valence-corrected chi connectivity index (χ0v) is 12.6. The van der Waals surface area contributed by atoms with Gasteiger partial charge in [-0.1, -0.05) is 24.3 Å². The van der Waals surface area contributed by atoms with Gasteiger partial charge < -0.3 is 0 Å². The molecule has 110 valence electrons. The van der Waals surface area contributed by atoms with Gasteiger partial charge in [-0.2, -0.15) is 0 Å². The Bertz CT molecular complexity index is 791. The molecule has 1 aliphatic heterocycles. The average Bonchev–Trinajstić information content (AvgIpc) is 3.08. The van der Waals surface area contributed by atoms with E-state index in [0.29, 0.717) is 0 Å². The van der Waals surface area contributed by atoms with Crippen LogP contribution in [0.3, 0.4) is 0 Å². The Morgan fingerprint density at radius 3 is 2.45 bits per heavy atom. The SMILES string of the molecule is c1cc(CN2CCCC2)cc(-c2ccc3nccnc3c2)c1. The molecule has 0 atom stereocenters. The van der Waals surface area contributed by atoms with Crippen molar-refractivity contribution in [2.24, 2.45) is 0 Å². The molecule has 22 heavy (non-hydrogen) atoms. The first-order valence-corrected chi connectivity index (χ1v) is 7.91. The predicted octanol–water partition coefficient (Wildman–Crippen LogP) is 3.89. The van der Waals surface area contributed by atoms with Crippen LogP contribution in [0.25, 0.3) is 22.2 Å². The van der Waals surface area contributed by atoms with Gasteiger partial charge in [0.1, 0.15) is 0 Å². The fourth-order valence-electron chi connectivity index (χ4n) is 3.19. The number of hydrogen-bond donors (Lipinski definition) is 0. The number of fused-ring (bicyclic) bond motifs is 1. The van der Waals surface area contributed by atoms with Gasteiger partial charge in [0, 0.05) is 18.9 Å². The normalized spacial score (nSPS) is 15.5. The molecule has 1 saturated heterocycles. The summed E-state index contributed by atoms with van der Waals surface area (Å²) in [4.78, 5) is 11.3. The third kappa shape index (κ3) is 2.72. The first kappa shape index (κ1) is 13.4. The molecule has 0 radical (unpaired) electrons. The number of hydrogen-bond acceptors (Lipinski definition) is 3. The second-order valence-electron chi connectivity index (χ2n) is 5.94. The van der Waals surface area contributed by atoms with Crippen LogP contribution < -0.4 is 0 Å². The molecule has 0 saturated carbocycles. The van der Waals surface area contributed by atoms with Crippen molar-refractivity contribution in [3.63, 3.8) is 0 Å². The molecular weight excluding hydrogens is 270 g/mol. The molecule has 0 bridgehead atoms. The molecule has 0 N–H and O–H groups in total. The van der Waals surface area contributed by atoms with Gasteiger partial charge in [-0.05, 0) is 60.8 Å². The second kappa shape index (κ2) is 5.85. The summed E-state index contributed by atoms with van der Waals surface area (Å²) in [5, 5.41) is 0. The quantitative estimate of drug-likeness (QED) is 0.732. The van der Waals surface area contributed by atoms with E-state index in [0.717, 1.165) is 17.6 Å². The molecule has 1 fully saturated rings. The van der Waals surface area contributed by atoms with Crippen molar-refractivity contribution in [3.8, 4) is 11.1 Å². The molecule has 4 rings (SSSR count). The largest absolute Gasteiger partial charge is 0.299 e. The summed E-state index contributed by atoms with van der Waals surface area (Å²) in [7, 11) is 0. The van der Waals surface area contributed by atoms with Gasteiger partial charge in [-0.15, -0.1) is 0 Å². The first-order valence-electron chi connectivity index (χ1n) is 7.91. The smallest absolute Gasteiger partial charge is 0.0892 e. The van der Waals surface area contributed by atoms with E-state index < -0.39 is 0 Å². The van der Waals surface area contributed by atoms with E-state index in [1.165, 1.54) is 42.6 Å². The summed E-state index contributed by atoms with van der Waals surface area (Å²) in [5.41, 5.74) is 5.74. The zero-order valence-electron chi connectivity index (χ0n) is 12.6. The second-order valence-corrected chi connectivity index (χ2v) is 5.94. The lowest BCUT2D eigenvalue weighted by molar-refractivity contribution is 0.331. The fraction of sp³-hybridized carbons (Fsp3) is 0.263. The van der Waals surface area contributed by atoms with Gasteiger partial charge >= 0.3 is 0 Å². The lowest BCUT2D eigenvalue weighted by Crippen LogP contribution is -2.18. The molecular formula is C19H19N3. The van der Waals surface area contributed by atoms with Crippen LogP contribution in [-0.4, -0.2) is 28.0 Å². The van der Waals surface area contributed by atoms with Crippen molar-refractivity contribution >= 4 is 11.0 Å². The summed E-state index contributed by atoms with van der Waals surface area (Å²) >= 11 is 0. The standard InChI is InChI=1S/C19H19N3/c1-2-11-22(10-1)14-15-4-3-5-16(12-15)17-6-7-18-19(13-17)21-9-8-20-18/h3-9,12-13H,1-2,10-11,14H2. The van der Waals surface area contributed by atoms with Gasteiger partial charge in [0.25, 0.3) is 0 Å². The Morgan fingerprint density at radius 1 is 0.818 bits per heavy atom. The van der Waals surface area contributed by atoms with Crippen LogP contribution >= 0.6 is 0 Å². The Labute approximate surface area is 130 Å². The molecule has 0 spiro atoms. The Morgan fingerprint density at radius 2 is 1.59 bits per heavy atom.